The van der Waals surface area contributed by atoms with Crippen molar-refractivity contribution in [1.82, 2.24) is 8.75 Å². The lowest BCUT2D eigenvalue weighted by molar-refractivity contribution is 0.265. The molecule has 3 aliphatic carbocycles. The fourth-order valence-electron chi connectivity index (χ4n) is 5.93. The van der Waals surface area contributed by atoms with Crippen LogP contribution in [0.3, 0.4) is 0 Å². The summed E-state index contributed by atoms with van der Waals surface area (Å²) >= 11 is 4.46. The molecule has 0 radical (unpaired) electrons. The molecule has 3 heterocycles. The minimum atomic E-state index is -0.103. The number of allylic oxidation sites excluding steroid dienone is 4. The van der Waals surface area contributed by atoms with Crippen molar-refractivity contribution in [1.29, 1.82) is 0 Å². The van der Waals surface area contributed by atoms with Gasteiger partial charge in [0.2, 0.25) is 0 Å². The van der Waals surface area contributed by atoms with E-state index in [0.29, 0.717) is 22.8 Å². The summed E-state index contributed by atoms with van der Waals surface area (Å²) in [6, 6.07) is 8.22. The van der Waals surface area contributed by atoms with Gasteiger partial charge in [-0.1, -0.05) is 43.0 Å². The smallest absolute Gasteiger partial charge is 0.181 e. The van der Waals surface area contributed by atoms with E-state index in [-0.39, 0.29) is 11.9 Å². The van der Waals surface area contributed by atoms with Crippen LogP contribution in [0.25, 0.3) is 31.9 Å². The van der Waals surface area contributed by atoms with Gasteiger partial charge >= 0.3 is 0 Å². The molecular weight excluding hydrogens is 557 g/mol. The average molecular weight is 583 g/mol. The first-order valence-corrected chi connectivity index (χ1v) is 15.6. The molecule has 4 bridgehead atoms. The highest BCUT2D eigenvalue weighted by molar-refractivity contribution is 7.14. The maximum Gasteiger partial charge on any atom is 0.181 e. The van der Waals surface area contributed by atoms with Crippen molar-refractivity contribution in [3.63, 3.8) is 0 Å². The molecule has 2 fully saturated rings. The Morgan fingerprint density at radius 3 is 2.00 bits per heavy atom. The first-order chi connectivity index (χ1) is 19.5. The van der Waals surface area contributed by atoms with Crippen LogP contribution < -0.4 is 9.47 Å². The highest BCUT2D eigenvalue weighted by atomic mass is 32.1. The van der Waals surface area contributed by atoms with Crippen molar-refractivity contribution in [2.75, 3.05) is 0 Å². The number of rotatable bonds is 9. The molecule has 40 heavy (non-hydrogen) atoms. The molecule has 0 spiro atoms. The van der Waals surface area contributed by atoms with Gasteiger partial charge in [-0.05, 0) is 78.3 Å². The molecule has 4 aromatic rings. The van der Waals surface area contributed by atoms with Gasteiger partial charge < -0.3 is 14.6 Å². The molecule has 1 aromatic carbocycles. The van der Waals surface area contributed by atoms with Gasteiger partial charge in [0.25, 0.3) is 0 Å². The summed E-state index contributed by atoms with van der Waals surface area (Å²) < 4.78 is 23.3. The number of aliphatic hydroxyl groups is 1. The number of ether oxygens (including phenoxy) is 2. The first kappa shape index (κ1) is 25.3. The molecule has 0 amide bonds. The van der Waals surface area contributed by atoms with Gasteiger partial charge in [0, 0.05) is 15.3 Å². The molecule has 7 rings (SSSR count). The highest BCUT2D eigenvalue weighted by Gasteiger charge is 2.40. The van der Waals surface area contributed by atoms with Gasteiger partial charge in [-0.25, -0.2) is 0 Å². The Kier molecular flexibility index (Phi) is 6.34. The van der Waals surface area contributed by atoms with Crippen LogP contribution in [0.2, 0.25) is 0 Å². The van der Waals surface area contributed by atoms with Crippen LogP contribution in [0, 0.1) is 0 Å². The van der Waals surface area contributed by atoms with E-state index in [4.69, 9.17) is 18.2 Å². The molecule has 2 saturated carbocycles. The maximum atomic E-state index is 9.70. The van der Waals surface area contributed by atoms with Gasteiger partial charge in [-0.15, -0.1) is 22.7 Å². The van der Waals surface area contributed by atoms with E-state index in [2.05, 4.69) is 37.2 Å². The lowest BCUT2D eigenvalue weighted by Crippen LogP contribution is -2.21. The summed E-state index contributed by atoms with van der Waals surface area (Å²) in [6.07, 6.45) is 8.76. The SMILES string of the molecule is C=C(/C=C\C(=C)C(=C)O)Oc1c(OC2C3=C4CCC(=C2CC3)C4)c(-c2cccs2)c2nsnc2c1-c1cccs1. The lowest BCUT2D eigenvalue weighted by Gasteiger charge is -2.26. The Morgan fingerprint density at radius 1 is 0.850 bits per heavy atom. The van der Waals surface area contributed by atoms with Crippen molar-refractivity contribution in [3.05, 3.63) is 106 Å². The quantitative estimate of drug-likeness (QED) is 0.121. The minimum Gasteiger partial charge on any atom is -0.508 e. The Morgan fingerprint density at radius 2 is 1.45 bits per heavy atom. The molecule has 3 aromatic heterocycles. The van der Waals surface area contributed by atoms with E-state index in [1.54, 1.807) is 46.0 Å². The Bertz CT molecular complexity index is 1760. The third-order valence-electron chi connectivity index (χ3n) is 7.83. The summed E-state index contributed by atoms with van der Waals surface area (Å²) in [4.78, 5) is 2.05. The number of fused-ring (bicyclic) bond motifs is 5. The van der Waals surface area contributed by atoms with Gasteiger partial charge in [0.1, 0.15) is 28.7 Å². The van der Waals surface area contributed by atoms with Crippen molar-refractivity contribution < 1.29 is 14.6 Å². The molecule has 200 valence electrons. The average Bonchev–Trinajstić information content (AvgIpc) is 3.75. The van der Waals surface area contributed by atoms with Crippen LogP contribution in [0.5, 0.6) is 11.5 Å². The zero-order chi connectivity index (χ0) is 27.4. The van der Waals surface area contributed by atoms with Gasteiger partial charge in [0.05, 0.1) is 22.9 Å². The standard InChI is InChI=1S/C32H26N2O3S3/c1-17(19(3)35)8-9-18(2)36-31-26(24-6-4-14-38-24)28-29(34-40-33-28)27(25-7-5-15-39-25)32(31)37-30-22-12-13-23(30)21-11-10-20(22)16-21/h4-9,14-15,30,35H,1-3,10-13,16H2/b9-8-. The monoisotopic (exact) mass is 582 g/mol. The molecule has 0 unspecified atom stereocenters. The van der Waals surface area contributed by atoms with Gasteiger partial charge in [-0.2, -0.15) is 8.75 Å². The predicted molar refractivity (Wildman–Crippen MR) is 165 cm³/mol. The van der Waals surface area contributed by atoms with E-state index >= 15 is 0 Å². The first-order valence-electron chi connectivity index (χ1n) is 13.1. The molecule has 5 nitrogen and oxygen atoms in total. The Labute approximate surface area is 244 Å². The van der Waals surface area contributed by atoms with E-state index < -0.39 is 0 Å². The number of benzene rings is 1. The third kappa shape index (κ3) is 4.18. The van der Waals surface area contributed by atoms with Crippen molar-refractivity contribution in [2.45, 2.75) is 38.2 Å². The number of hydrogen-bond donors (Lipinski definition) is 1. The van der Waals surface area contributed by atoms with Crippen LogP contribution in [-0.4, -0.2) is 20.0 Å². The molecule has 1 N–H and O–H groups in total. The van der Waals surface area contributed by atoms with E-state index in [0.717, 1.165) is 64.0 Å². The summed E-state index contributed by atoms with van der Waals surface area (Å²) in [5.41, 5.74) is 9.68. The summed E-state index contributed by atoms with van der Waals surface area (Å²) in [5, 5.41) is 13.8. The largest absolute Gasteiger partial charge is 0.508 e. The van der Waals surface area contributed by atoms with Crippen LogP contribution in [-0.2, 0) is 0 Å². The fraction of sp³-hybridized carbons (Fsp3) is 0.188. The van der Waals surface area contributed by atoms with Crippen LogP contribution in [0.15, 0.2) is 106 Å². The van der Waals surface area contributed by atoms with Crippen LogP contribution >= 0.6 is 34.4 Å². The molecule has 0 aliphatic heterocycles. The van der Waals surface area contributed by atoms with Crippen molar-refractivity contribution >= 4 is 45.4 Å². The van der Waals surface area contributed by atoms with Crippen LogP contribution in [0.4, 0.5) is 0 Å². The molecule has 0 atom stereocenters. The van der Waals surface area contributed by atoms with E-state index in [1.165, 1.54) is 22.9 Å². The van der Waals surface area contributed by atoms with Gasteiger partial charge in [-0.3, -0.25) is 0 Å². The fourth-order valence-corrected chi connectivity index (χ4v) is 8.03. The normalized spacial score (nSPS) is 16.5. The summed E-state index contributed by atoms with van der Waals surface area (Å²) in [7, 11) is 0. The van der Waals surface area contributed by atoms with Crippen molar-refractivity contribution in [3.8, 4) is 32.4 Å². The van der Waals surface area contributed by atoms with Gasteiger partial charge in [0.15, 0.2) is 11.5 Å². The topological polar surface area (TPSA) is 64.5 Å². The molecule has 8 heteroatoms. The lowest BCUT2D eigenvalue weighted by atomic mass is 9.95. The summed E-state index contributed by atoms with van der Waals surface area (Å²) in [6.45, 7) is 11.5. The highest BCUT2D eigenvalue weighted by Crippen LogP contribution is 2.56. The Balaban J connectivity index is 1.46. The predicted octanol–water partition coefficient (Wildman–Crippen LogP) is 9.56. The minimum absolute atomic E-state index is 0.0798. The number of thiophene rings is 2. The zero-order valence-corrected chi connectivity index (χ0v) is 24.2. The summed E-state index contributed by atoms with van der Waals surface area (Å²) in [5.74, 6) is 1.51. The Hall–Kier alpha value is -3.72. The number of nitrogens with zero attached hydrogens (tertiary/aromatic N) is 2. The maximum absolute atomic E-state index is 9.70. The second-order valence-electron chi connectivity index (χ2n) is 10.1. The third-order valence-corrected chi connectivity index (χ3v) is 10.1. The van der Waals surface area contributed by atoms with E-state index in [9.17, 15) is 5.11 Å². The van der Waals surface area contributed by atoms with E-state index in [1.807, 2.05) is 17.5 Å². The van der Waals surface area contributed by atoms with Crippen molar-refractivity contribution in [2.24, 2.45) is 0 Å². The molecular formula is C32H26N2O3S3. The second kappa shape index (κ2) is 10.0. The number of hydrogen-bond acceptors (Lipinski definition) is 8. The molecule has 0 saturated heterocycles. The zero-order valence-electron chi connectivity index (χ0n) is 21.7. The molecule has 3 aliphatic rings. The number of aliphatic hydroxyl groups excluding tert-OH is 1. The number of aromatic nitrogens is 2. The van der Waals surface area contributed by atoms with Crippen LogP contribution in [0.1, 0.15) is 32.1 Å². The second-order valence-corrected chi connectivity index (χ2v) is 12.6.